The Balaban J connectivity index is 2.22. The summed E-state index contributed by atoms with van der Waals surface area (Å²) in [5.74, 6) is 1.14. The van der Waals surface area contributed by atoms with Crippen LogP contribution in [0.15, 0.2) is 27.8 Å². The van der Waals surface area contributed by atoms with E-state index in [1.807, 2.05) is 30.1 Å². The highest BCUT2D eigenvalue weighted by molar-refractivity contribution is 9.10. The predicted octanol–water partition coefficient (Wildman–Crippen LogP) is 4.10. The van der Waals surface area contributed by atoms with Crippen LogP contribution in [-0.4, -0.2) is 23.3 Å². The quantitative estimate of drug-likeness (QED) is 0.577. The van der Waals surface area contributed by atoms with Crippen LogP contribution in [0.1, 0.15) is 33.1 Å². The summed E-state index contributed by atoms with van der Waals surface area (Å²) < 4.78 is 1.10. The van der Waals surface area contributed by atoms with Crippen molar-refractivity contribution in [3.8, 4) is 0 Å². The van der Waals surface area contributed by atoms with Crippen LogP contribution in [0.2, 0.25) is 0 Å². The summed E-state index contributed by atoms with van der Waals surface area (Å²) >= 11 is 5.35. The highest BCUT2D eigenvalue weighted by Gasteiger charge is 2.05. The van der Waals surface area contributed by atoms with Gasteiger partial charge in [0.2, 0.25) is 0 Å². The van der Waals surface area contributed by atoms with Crippen molar-refractivity contribution >= 4 is 27.7 Å². The zero-order valence-electron chi connectivity index (χ0n) is 10.6. The van der Waals surface area contributed by atoms with Gasteiger partial charge < -0.3 is 5.32 Å². The molecule has 0 fully saturated rings. The molecule has 1 unspecified atom stereocenters. The van der Waals surface area contributed by atoms with E-state index in [1.54, 1.807) is 0 Å². The van der Waals surface area contributed by atoms with Gasteiger partial charge in [0, 0.05) is 16.7 Å². The van der Waals surface area contributed by atoms with Gasteiger partial charge in [0.25, 0.3) is 0 Å². The summed E-state index contributed by atoms with van der Waals surface area (Å²) in [5, 5.41) is 4.61. The number of pyridine rings is 1. The number of aromatic nitrogens is 1. The second-order valence-corrected chi connectivity index (χ2v) is 5.88. The van der Waals surface area contributed by atoms with Crippen molar-refractivity contribution in [2.75, 3.05) is 12.3 Å². The zero-order chi connectivity index (χ0) is 12.5. The topological polar surface area (TPSA) is 24.9 Å². The molecule has 96 valence electrons. The molecule has 1 rings (SSSR count). The van der Waals surface area contributed by atoms with Crippen LogP contribution in [0.25, 0.3) is 0 Å². The van der Waals surface area contributed by atoms with Gasteiger partial charge in [-0.1, -0.05) is 13.8 Å². The molecular formula is C13H21BrN2S. The lowest BCUT2D eigenvalue weighted by Gasteiger charge is -2.15. The minimum absolute atomic E-state index is 0.674. The number of hydrogen-bond acceptors (Lipinski definition) is 3. The Morgan fingerprint density at radius 1 is 1.47 bits per heavy atom. The van der Waals surface area contributed by atoms with Gasteiger partial charge in [0.05, 0.1) is 0 Å². The SMILES string of the molecule is CCNC(CC)CCCSc1ncccc1Br. The third kappa shape index (κ3) is 5.89. The van der Waals surface area contributed by atoms with Crippen LogP contribution in [0.4, 0.5) is 0 Å². The minimum Gasteiger partial charge on any atom is -0.314 e. The molecule has 1 aromatic rings. The maximum atomic E-state index is 4.35. The van der Waals surface area contributed by atoms with Crippen LogP contribution in [0, 0.1) is 0 Å². The van der Waals surface area contributed by atoms with E-state index in [4.69, 9.17) is 0 Å². The van der Waals surface area contributed by atoms with Crippen molar-refractivity contribution in [2.24, 2.45) is 0 Å². The Hall–Kier alpha value is -0.0600. The van der Waals surface area contributed by atoms with Gasteiger partial charge in [-0.25, -0.2) is 4.98 Å². The maximum absolute atomic E-state index is 4.35. The molecule has 0 aromatic carbocycles. The highest BCUT2D eigenvalue weighted by Crippen LogP contribution is 2.25. The van der Waals surface area contributed by atoms with E-state index in [0.29, 0.717) is 6.04 Å². The van der Waals surface area contributed by atoms with Crippen LogP contribution < -0.4 is 5.32 Å². The maximum Gasteiger partial charge on any atom is 0.110 e. The van der Waals surface area contributed by atoms with Crippen molar-refractivity contribution in [1.29, 1.82) is 0 Å². The number of rotatable bonds is 8. The minimum atomic E-state index is 0.674. The average molecular weight is 317 g/mol. The van der Waals surface area contributed by atoms with Gasteiger partial charge in [-0.05, 0) is 59.6 Å². The number of hydrogen-bond donors (Lipinski definition) is 1. The molecule has 1 N–H and O–H groups in total. The summed E-state index contributed by atoms with van der Waals surface area (Å²) in [5.41, 5.74) is 0. The van der Waals surface area contributed by atoms with E-state index >= 15 is 0 Å². The van der Waals surface area contributed by atoms with Crippen LogP contribution in [0.5, 0.6) is 0 Å². The molecule has 1 aromatic heterocycles. The van der Waals surface area contributed by atoms with Crippen LogP contribution in [-0.2, 0) is 0 Å². The largest absolute Gasteiger partial charge is 0.314 e. The molecule has 1 heterocycles. The molecule has 0 amide bonds. The lowest BCUT2D eigenvalue weighted by molar-refractivity contribution is 0.477. The van der Waals surface area contributed by atoms with Gasteiger partial charge in [-0.15, -0.1) is 11.8 Å². The summed E-state index contributed by atoms with van der Waals surface area (Å²) in [7, 11) is 0. The molecule has 0 spiro atoms. The third-order valence-electron chi connectivity index (χ3n) is 2.65. The third-order valence-corrected chi connectivity index (χ3v) is 4.64. The Bertz CT molecular complexity index is 320. The number of thioether (sulfide) groups is 1. The van der Waals surface area contributed by atoms with Gasteiger partial charge in [-0.3, -0.25) is 0 Å². The molecule has 4 heteroatoms. The fourth-order valence-electron chi connectivity index (χ4n) is 1.72. The first-order valence-corrected chi connectivity index (χ1v) is 8.02. The van der Waals surface area contributed by atoms with E-state index in [0.717, 1.165) is 21.8 Å². The van der Waals surface area contributed by atoms with E-state index in [-0.39, 0.29) is 0 Å². The summed E-state index contributed by atoms with van der Waals surface area (Å²) in [6.07, 6.45) is 5.55. The molecular weight excluding hydrogens is 296 g/mol. The first-order chi connectivity index (χ1) is 8.27. The highest BCUT2D eigenvalue weighted by atomic mass is 79.9. The van der Waals surface area contributed by atoms with Gasteiger partial charge in [0.15, 0.2) is 0 Å². The summed E-state index contributed by atoms with van der Waals surface area (Å²) in [6.45, 7) is 5.48. The normalized spacial score (nSPS) is 12.6. The summed E-state index contributed by atoms with van der Waals surface area (Å²) in [6, 6.07) is 4.67. The molecule has 1 atom stereocenters. The van der Waals surface area contributed by atoms with E-state index in [2.05, 4.69) is 40.1 Å². The van der Waals surface area contributed by atoms with E-state index in [1.165, 1.54) is 19.3 Å². The van der Waals surface area contributed by atoms with Gasteiger partial charge in [-0.2, -0.15) is 0 Å². The van der Waals surface area contributed by atoms with Crippen molar-refractivity contribution < 1.29 is 0 Å². The molecule has 17 heavy (non-hydrogen) atoms. The molecule has 0 bridgehead atoms. The standard InChI is InChI=1S/C13H21BrN2S/c1-3-11(15-4-2)7-6-10-17-13-12(14)8-5-9-16-13/h5,8-9,11,15H,3-4,6-7,10H2,1-2H3. The van der Waals surface area contributed by atoms with Crippen molar-refractivity contribution in [3.05, 3.63) is 22.8 Å². The lowest BCUT2D eigenvalue weighted by Crippen LogP contribution is -2.28. The van der Waals surface area contributed by atoms with Crippen molar-refractivity contribution in [2.45, 2.75) is 44.2 Å². The Labute approximate surface area is 117 Å². The second-order valence-electron chi connectivity index (χ2n) is 3.94. The van der Waals surface area contributed by atoms with Gasteiger partial charge in [0.1, 0.15) is 5.03 Å². The zero-order valence-corrected chi connectivity index (χ0v) is 13.0. The number of nitrogens with one attached hydrogen (secondary N) is 1. The second kappa shape index (κ2) is 8.95. The van der Waals surface area contributed by atoms with Crippen LogP contribution in [0.3, 0.4) is 0 Å². The number of nitrogens with zero attached hydrogens (tertiary/aromatic N) is 1. The van der Waals surface area contributed by atoms with E-state index < -0.39 is 0 Å². The number of halogens is 1. The van der Waals surface area contributed by atoms with Crippen LogP contribution >= 0.6 is 27.7 Å². The molecule has 0 aliphatic heterocycles. The Morgan fingerprint density at radius 2 is 2.29 bits per heavy atom. The van der Waals surface area contributed by atoms with Crippen molar-refractivity contribution in [3.63, 3.8) is 0 Å². The first kappa shape index (κ1) is 15.0. The molecule has 0 saturated carbocycles. The van der Waals surface area contributed by atoms with Gasteiger partial charge >= 0.3 is 0 Å². The molecule has 0 aliphatic rings. The monoisotopic (exact) mass is 316 g/mol. The Morgan fingerprint density at radius 3 is 2.94 bits per heavy atom. The first-order valence-electron chi connectivity index (χ1n) is 6.24. The molecule has 0 aliphatic carbocycles. The molecule has 0 radical (unpaired) electrons. The van der Waals surface area contributed by atoms with Crippen molar-refractivity contribution in [1.82, 2.24) is 10.3 Å². The Kier molecular flexibility index (Phi) is 7.90. The lowest BCUT2D eigenvalue weighted by atomic mass is 10.1. The molecule has 2 nitrogen and oxygen atoms in total. The predicted molar refractivity (Wildman–Crippen MR) is 79.7 cm³/mol. The fourth-order valence-corrected chi connectivity index (χ4v) is 3.16. The average Bonchev–Trinajstić information content (AvgIpc) is 2.35. The fraction of sp³-hybridized carbons (Fsp3) is 0.615. The van der Waals surface area contributed by atoms with E-state index in [9.17, 15) is 0 Å². The summed E-state index contributed by atoms with van der Waals surface area (Å²) in [4.78, 5) is 4.35. The molecule has 0 saturated heterocycles. The smallest absolute Gasteiger partial charge is 0.110 e.